The number of hydrogen-bond donors (Lipinski definition) is 1. The molecule has 4 heteroatoms. The Morgan fingerprint density at radius 3 is 1.59 bits per heavy atom. The molecule has 0 aliphatic carbocycles. The van der Waals surface area contributed by atoms with Crippen molar-refractivity contribution in [3.63, 3.8) is 0 Å². The molecule has 0 amide bonds. The molecule has 27 heavy (non-hydrogen) atoms. The topological polar surface area (TPSA) is 49.8 Å². The van der Waals surface area contributed by atoms with Crippen molar-refractivity contribution >= 4 is 29.2 Å². The molecule has 0 fully saturated rings. The zero-order valence-electron chi connectivity index (χ0n) is 15.3. The van der Waals surface area contributed by atoms with E-state index in [1.165, 1.54) is 11.1 Å². The maximum absolute atomic E-state index is 9.01. The first-order valence-electron chi connectivity index (χ1n) is 8.54. The van der Waals surface area contributed by atoms with Crippen LogP contribution in [0.3, 0.4) is 0 Å². The van der Waals surface area contributed by atoms with Crippen molar-refractivity contribution in [2.45, 2.75) is 23.6 Å². The number of hydrogen-bond acceptors (Lipinski definition) is 4. The molecule has 0 aliphatic rings. The van der Waals surface area contributed by atoms with Gasteiger partial charge in [0.15, 0.2) is 0 Å². The third-order valence-electron chi connectivity index (χ3n) is 4.01. The quantitative estimate of drug-likeness (QED) is 0.518. The van der Waals surface area contributed by atoms with Crippen molar-refractivity contribution in [3.8, 4) is 6.07 Å². The van der Waals surface area contributed by atoms with Crippen molar-refractivity contribution < 1.29 is 0 Å². The molecule has 0 bridgehead atoms. The van der Waals surface area contributed by atoms with E-state index in [4.69, 9.17) is 11.0 Å². The lowest BCUT2D eigenvalue weighted by molar-refractivity contribution is 1.38. The van der Waals surface area contributed by atoms with E-state index in [0.29, 0.717) is 5.56 Å². The van der Waals surface area contributed by atoms with Crippen molar-refractivity contribution in [3.05, 3.63) is 99.3 Å². The highest BCUT2D eigenvalue weighted by Gasteiger charge is 2.11. The lowest BCUT2D eigenvalue weighted by Crippen LogP contribution is -1.99. The molecule has 3 aromatic carbocycles. The second-order valence-corrected chi connectivity index (χ2v) is 8.65. The Kier molecular flexibility index (Phi) is 6.28. The van der Waals surface area contributed by atoms with Gasteiger partial charge in [-0.1, -0.05) is 71.0 Å². The summed E-state index contributed by atoms with van der Waals surface area (Å²) in [5, 5.41) is 9.01. The van der Waals surface area contributed by atoms with Crippen LogP contribution in [0.2, 0.25) is 0 Å². The number of nitrogens with two attached hydrogens (primary N) is 1. The summed E-state index contributed by atoms with van der Waals surface area (Å²) in [6.07, 6.45) is 0. The first-order chi connectivity index (χ1) is 13.0. The fourth-order valence-corrected chi connectivity index (χ4v) is 4.57. The normalized spacial score (nSPS) is 10.3. The Morgan fingerprint density at radius 2 is 1.19 bits per heavy atom. The molecule has 2 nitrogen and oxygen atoms in total. The molecular weight excluding hydrogens is 368 g/mol. The molecule has 0 radical (unpaired) electrons. The van der Waals surface area contributed by atoms with E-state index >= 15 is 0 Å². The molecule has 0 unspecified atom stereocenters. The third kappa shape index (κ3) is 5.19. The third-order valence-corrected chi connectivity index (χ3v) is 6.33. The van der Waals surface area contributed by atoms with Crippen LogP contribution >= 0.6 is 23.5 Å². The molecule has 3 aromatic rings. The first kappa shape index (κ1) is 19.2. The van der Waals surface area contributed by atoms with Gasteiger partial charge in [0.1, 0.15) is 0 Å². The Hall–Kier alpha value is -2.61. The number of nitriles is 1. The molecule has 0 spiro atoms. The molecule has 0 saturated carbocycles. The Morgan fingerprint density at radius 1 is 0.741 bits per heavy atom. The molecule has 0 atom stereocenters. The van der Waals surface area contributed by atoms with Crippen LogP contribution in [-0.4, -0.2) is 0 Å². The summed E-state index contributed by atoms with van der Waals surface area (Å²) >= 11 is 3.32. The molecule has 0 aromatic heterocycles. The van der Waals surface area contributed by atoms with E-state index in [9.17, 15) is 0 Å². The monoisotopic (exact) mass is 388 g/mol. The highest BCUT2D eigenvalue weighted by molar-refractivity contribution is 8.22. The van der Waals surface area contributed by atoms with E-state index in [1.54, 1.807) is 35.7 Å². The smallest absolute Gasteiger partial charge is 0.0991 e. The van der Waals surface area contributed by atoms with Crippen molar-refractivity contribution in [2.24, 2.45) is 5.73 Å². The SMILES string of the molecule is Cc1ccc(SC(Sc2ccc(C)cc2)=C(N)c2ccc(C#N)cc2)cc1. The summed E-state index contributed by atoms with van der Waals surface area (Å²) < 4.78 is 1.02. The van der Waals surface area contributed by atoms with E-state index in [1.807, 2.05) is 12.1 Å². The number of benzene rings is 3. The van der Waals surface area contributed by atoms with Crippen LogP contribution < -0.4 is 5.73 Å². The highest BCUT2D eigenvalue weighted by atomic mass is 32.2. The highest BCUT2D eigenvalue weighted by Crippen LogP contribution is 2.42. The largest absolute Gasteiger partial charge is 0.397 e. The van der Waals surface area contributed by atoms with E-state index in [2.05, 4.69) is 68.4 Å². The van der Waals surface area contributed by atoms with Crippen LogP contribution in [0.15, 0.2) is 86.8 Å². The van der Waals surface area contributed by atoms with Gasteiger partial charge in [0.05, 0.1) is 21.6 Å². The average molecular weight is 389 g/mol. The van der Waals surface area contributed by atoms with Gasteiger partial charge in [-0.25, -0.2) is 0 Å². The predicted octanol–water partition coefficient (Wildman–Crippen LogP) is 6.34. The van der Waals surface area contributed by atoms with Crippen LogP contribution in [0.1, 0.15) is 22.3 Å². The second-order valence-electron chi connectivity index (χ2n) is 6.22. The fraction of sp³-hybridized carbons (Fsp3) is 0.0870. The van der Waals surface area contributed by atoms with Crippen LogP contribution in [0.4, 0.5) is 0 Å². The molecule has 0 aliphatic heterocycles. The standard InChI is InChI=1S/C23H20N2S2/c1-16-3-11-20(12-4-16)26-23(27-21-13-5-17(2)6-14-21)22(25)19-9-7-18(15-24)8-10-19/h3-14H,25H2,1-2H3. The van der Waals surface area contributed by atoms with Gasteiger partial charge in [-0.05, 0) is 55.8 Å². The number of thioether (sulfide) groups is 2. The molecule has 2 N–H and O–H groups in total. The molecule has 3 rings (SSSR count). The number of aryl methyl sites for hydroxylation is 2. The number of rotatable bonds is 5. The first-order valence-corrected chi connectivity index (χ1v) is 10.2. The molecule has 134 valence electrons. The lowest BCUT2D eigenvalue weighted by Gasteiger charge is -2.12. The van der Waals surface area contributed by atoms with Gasteiger partial charge in [0, 0.05) is 9.79 Å². The van der Waals surface area contributed by atoms with Crippen LogP contribution in [0, 0.1) is 25.2 Å². The van der Waals surface area contributed by atoms with Crippen LogP contribution in [0.5, 0.6) is 0 Å². The summed E-state index contributed by atoms with van der Waals surface area (Å²) in [6.45, 7) is 4.16. The van der Waals surface area contributed by atoms with Gasteiger partial charge in [0.2, 0.25) is 0 Å². The van der Waals surface area contributed by atoms with Gasteiger partial charge in [-0.3, -0.25) is 0 Å². The summed E-state index contributed by atoms with van der Waals surface area (Å²) in [4.78, 5) is 2.29. The van der Waals surface area contributed by atoms with Crippen LogP contribution in [-0.2, 0) is 0 Å². The Bertz CT molecular complexity index is 931. The zero-order chi connectivity index (χ0) is 19.2. The van der Waals surface area contributed by atoms with E-state index in [-0.39, 0.29) is 0 Å². The summed E-state index contributed by atoms with van der Waals surface area (Å²) in [7, 11) is 0. The van der Waals surface area contributed by atoms with Gasteiger partial charge in [-0.15, -0.1) is 0 Å². The lowest BCUT2D eigenvalue weighted by atomic mass is 10.1. The van der Waals surface area contributed by atoms with Gasteiger partial charge in [-0.2, -0.15) is 5.26 Å². The van der Waals surface area contributed by atoms with E-state index < -0.39 is 0 Å². The minimum atomic E-state index is 0.630. The second kappa shape index (κ2) is 8.85. The predicted molar refractivity (Wildman–Crippen MR) is 116 cm³/mol. The van der Waals surface area contributed by atoms with Gasteiger partial charge in [0.25, 0.3) is 0 Å². The Labute approximate surface area is 169 Å². The number of nitrogens with zero attached hydrogens (tertiary/aromatic N) is 1. The molecule has 0 heterocycles. The molecular formula is C23H20N2S2. The van der Waals surface area contributed by atoms with Gasteiger partial charge < -0.3 is 5.73 Å². The van der Waals surface area contributed by atoms with Crippen LogP contribution in [0.25, 0.3) is 5.70 Å². The zero-order valence-corrected chi connectivity index (χ0v) is 16.9. The Balaban J connectivity index is 1.97. The van der Waals surface area contributed by atoms with Gasteiger partial charge >= 0.3 is 0 Å². The molecule has 0 saturated heterocycles. The summed E-state index contributed by atoms with van der Waals surface area (Å²) in [6, 6.07) is 26.4. The van der Waals surface area contributed by atoms with Crippen molar-refractivity contribution in [2.75, 3.05) is 0 Å². The summed E-state index contributed by atoms with van der Waals surface area (Å²) in [5.74, 6) is 0. The maximum atomic E-state index is 9.01. The minimum Gasteiger partial charge on any atom is -0.397 e. The fourth-order valence-electron chi connectivity index (χ4n) is 2.40. The average Bonchev–Trinajstić information content (AvgIpc) is 2.70. The maximum Gasteiger partial charge on any atom is 0.0991 e. The van der Waals surface area contributed by atoms with Crippen molar-refractivity contribution in [1.29, 1.82) is 5.26 Å². The van der Waals surface area contributed by atoms with Crippen molar-refractivity contribution in [1.82, 2.24) is 0 Å². The minimum absolute atomic E-state index is 0.630. The summed E-state index contributed by atoms with van der Waals surface area (Å²) in [5.41, 5.74) is 11.3. The van der Waals surface area contributed by atoms with E-state index in [0.717, 1.165) is 25.3 Å².